The molecule has 1 aliphatic carbocycles. The highest BCUT2D eigenvalue weighted by Gasteiger charge is 2.30. The van der Waals surface area contributed by atoms with E-state index < -0.39 is 0 Å². The van der Waals surface area contributed by atoms with E-state index in [4.69, 9.17) is 15.5 Å². The smallest absolute Gasteiger partial charge is 0.119 e. The zero-order valence-electron chi connectivity index (χ0n) is 12.6. The van der Waals surface area contributed by atoms with E-state index in [1.807, 2.05) is 6.07 Å². The third kappa shape index (κ3) is 1.89. The van der Waals surface area contributed by atoms with E-state index in [0.29, 0.717) is 5.92 Å². The van der Waals surface area contributed by atoms with Crippen molar-refractivity contribution in [2.75, 3.05) is 7.11 Å². The Kier molecular flexibility index (Phi) is 2.82. The zero-order chi connectivity index (χ0) is 14.6. The number of hydrogen-bond acceptors (Lipinski definition) is 3. The number of nitrogens with two attached hydrogens (primary N) is 1. The number of aryl methyl sites for hydroxylation is 1. The Bertz CT molecular complexity index is 704. The summed E-state index contributed by atoms with van der Waals surface area (Å²) in [5, 5.41) is 0. The molecule has 0 spiro atoms. The van der Waals surface area contributed by atoms with Gasteiger partial charge in [-0.2, -0.15) is 0 Å². The maximum absolute atomic E-state index is 6.20. The van der Waals surface area contributed by atoms with E-state index in [1.54, 1.807) is 7.11 Å². The number of imidazole rings is 1. The molecule has 1 aromatic heterocycles. The fraction of sp³-hybridized carbons (Fsp3) is 0.471. The summed E-state index contributed by atoms with van der Waals surface area (Å²) in [5.74, 6) is 2.59. The predicted molar refractivity (Wildman–Crippen MR) is 82.6 cm³/mol. The minimum atomic E-state index is 0.253. The Morgan fingerprint density at radius 2 is 2.19 bits per heavy atom. The van der Waals surface area contributed by atoms with Crippen LogP contribution in [0.4, 0.5) is 0 Å². The molecule has 0 bridgehead atoms. The van der Waals surface area contributed by atoms with E-state index in [1.165, 1.54) is 22.6 Å². The molecular weight excluding hydrogens is 262 g/mol. The predicted octanol–water partition coefficient (Wildman–Crippen LogP) is 2.49. The van der Waals surface area contributed by atoms with Gasteiger partial charge >= 0.3 is 0 Å². The van der Waals surface area contributed by atoms with E-state index in [0.717, 1.165) is 37.3 Å². The SMILES string of the molecule is COc1ccc2c(c1)CCc1c-2nc2n1CC(N)CC2C. The highest BCUT2D eigenvalue weighted by Crippen LogP contribution is 2.38. The zero-order valence-corrected chi connectivity index (χ0v) is 12.6. The van der Waals surface area contributed by atoms with Crippen LogP contribution in [0.1, 0.15) is 36.3 Å². The summed E-state index contributed by atoms with van der Waals surface area (Å²) in [4.78, 5) is 4.97. The number of hydrogen-bond donors (Lipinski definition) is 1. The summed E-state index contributed by atoms with van der Waals surface area (Å²) < 4.78 is 7.71. The summed E-state index contributed by atoms with van der Waals surface area (Å²) >= 11 is 0. The molecule has 0 amide bonds. The standard InChI is InChI=1S/C17H21N3O/c1-10-7-12(18)9-20-15-6-3-11-8-13(21-2)4-5-14(11)16(15)19-17(10)20/h4-5,8,10,12H,3,6-7,9,18H2,1-2H3. The van der Waals surface area contributed by atoms with Gasteiger partial charge in [0.1, 0.15) is 11.6 Å². The molecule has 2 aromatic rings. The number of ether oxygens (including phenoxy) is 1. The van der Waals surface area contributed by atoms with Crippen LogP contribution in [0.3, 0.4) is 0 Å². The van der Waals surface area contributed by atoms with Gasteiger partial charge in [-0.05, 0) is 43.0 Å². The van der Waals surface area contributed by atoms with Gasteiger partial charge in [-0.15, -0.1) is 0 Å². The largest absolute Gasteiger partial charge is 0.497 e. The van der Waals surface area contributed by atoms with Gasteiger partial charge in [-0.3, -0.25) is 0 Å². The lowest BCUT2D eigenvalue weighted by Gasteiger charge is -2.27. The molecule has 1 aromatic carbocycles. The van der Waals surface area contributed by atoms with E-state index in [9.17, 15) is 0 Å². The van der Waals surface area contributed by atoms with Crippen molar-refractivity contribution < 1.29 is 4.74 Å². The summed E-state index contributed by atoms with van der Waals surface area (Å²) in [6.07, 6.45) is 3.13. The summed E-state index contributed by atoms with van der Waals surface area (Å²) in [6.45, 7) is 3.14. The number of rotatable bonds is 1. The second-order valence-corrected chi connectivity index (χ2v) is 6.30. The highest BCUT2D eigenvalue weighted by atomic mass is 16.5. The average Bonchev–Trinajstić information content (AvgIpc) is 2.86. The first-order valence-electron chi connectivity index (χ1n) is 7.69. The monoisotopic (exact) mass is 283 g/mol. The summed E-state index contributed by atoms with van der Waals surface area (Å²) in [5.41, 5.74) is 11.3. The van der Waals surface area contributed by atoms with Gasteiger partial charge in [-0.1, -0.05) is 6.92 Å². The number of fused-ring (bicyclic) bond motifs is 5. The lowest BCUT2D eigenvalue weighted by molar-refractivity contribution is 0.399. The number of methoxy groups -OCH3 is 1. The molecule has 4 nitrogen and oxygen atoms in total. The normalized spacial score (nSPS) is 23.2. The lowest BCUT2D eigenvalue weighted by atomic mass is 9.91. The number of aromatic nitrogens is 2. The third-order valence-corrected chi connectivity index (χ3v) is 4.81. The Hall–Kier alpha value is -1.81. The molecule has 0 fully saturated rings. The maximum atomic E-state index is 6.20. The van der Waals surface area contributed by atoms with Crippen molar-refractivity contribution in [1.82, 2.24) is 9.55 Å². The van der Waals surface area contributed by atoms with Gasteiger partial charge in [0.15, 0.2) is 0 Å². The molecule has 0 saturated heterocycles. The summed E-state index contributed by atoms with van der Waals surface area (Å²) in [7, 11) is 1.72. The minimum absolute atomic E-state index is 0.253. The maximum Gasteiger partial charge on any atom is 0.119 e. The molecule has 4 heteroatoms. The van der Waals surface area contributed by atoms with Crippen LogP contribution in [0, 0.1) is 0 Å². The quantitative estimate of drug-likeness (QED) is 0.875. The van der Waals surface area contributed by atoms with E-state index in [2.05, 4.69) is 23.6 Å². The van der Waals surface area contributed by atoms with Crippen molar-refractivity contribution in [1.29, 1.82) is 0 Å². The molecule has 2 heterocycles. The second-order valence-electron chi connectivity index (χ2n) is 6.30. The fourth-order valence-electron chi connectivity index (χ4n) is 3.81. The molecule has 2 N–H and O–H groups in total. The molecule has 2 unspecified atom stereocenters. The topological polar surface area (TPSA) is 53.1 Å². The first kappa shape index (κ1) is 12.9. The molecular formula is C17H21N3O. The van der Waals surface area contributed by atoms with Crippen molar-refractivity contribution in [3.63, 3.8) is 0 Å². The molecule has 2 atom stereocenters. The van der Waals surface area contributed by atoms with Crippen LogP contribution in [0.5, 0.6) is 5.75 Å². The van der Waals surface area contributed by atoms with E-state index in [-0.39, 0.29) is 6.04 Å². The van der Waals surface area contributed by atoms with Gasteiger partial charge in [0.05, 0.1) is 12.8 Å². The molecule has 110 valence electrons. The summed E-state index contributed by atoms with van der Waals surface area (Å²) in [6, 6.07) is 6.58. The first-order valence-corrected chi connectivity index (χ1v) is 7.69. The molecule has 2 aliphatic rings. The Morgan fingerprint density at radius 1 is 1.33 bits per heavy atom. The van der Waals surface area contributed by atoms with Crippen molar-refractivity contribution in [3.05, 3.63) is 35.3 Å². The van der Waals surface area contributed by atoms with Crippen molar-refractivity contribution in [2.24, 2.45) is 5.73 Å². The van der Waals surface area contributed by atoms with Crippen molar-refractivity contribution in [3.8, 4) is 17.0 Å². The van der Waals surface area contributed by atoms with Crippen LogP contribution in [0.25, 0.3) is 11.3 Å². The molecule has 1 aliphatic heterocycles. The number of benzene rings is 1. The number of nitrogens with zero attached hydrogens (tertiary/aromatic N) is 2. The van der Waals surface area contributed by atoms with Gasteiger partial charge in [0, 0.05) is 29.8 Å². The third-order valence-electron chi connectivity index (χ3n) is 4.81. The molecule has 0 radical (unpaired) electrons. The second kappa shape index (κ2) is 4.60. The Labute approximate surface area is 124 Å². The highest BCUT2D eigenvalue weighted by molar-refractivity contribution is 5.70. The van der Waals surface area contributed by atoms with Crippen molar-refractivity contribution in [2.45, 2.75) is 44.7 Å². The molecule has 4 rings (SSSR count). The van der Waals surface area contributed by atoms with Gasteiger partial charge in [-0.25, -0.2) is 4.98 Å². The van der Waals surface area contributed by atoms with Gasteiger partial charge in [0.25, 0.3) is 0 Å². The molecule has 21 heavy (non-hydrogen) atoms. The van der Waals surface area contributed by atoms with Crippen LogP contribution < -0.4 is 10.5 Å². The van der Waals surface area contributed by atoms with Crippen LogP contribution in [-0.2, 0) is 19.4 Å². The minimum Gasteiger partial charge on any atom is -0.497 e. The lowest BCUT2D eigenvalue weighted by Crippen LogP contribution is -2.34. The van der Waals surface area contributed by atoms with Gasteiger partial charge in [0.2, 0.25) is 0 Å². The molecule has 0 saturated carbocycles. The van der Waals surface area contributed by atoms with Crippen LogP contribution >= 0.6 is 0 Å². The van der Waals surface area contributed by atoms with Crippen LogP contribution in [-0.4, -0.2) is 22.7 Å². The van der Waals surface area contributed by atoms with Gasteiger partial charge < -0.3 is 15.0 Å². The van der Waals surface area contributed by atoms with E-state index >= 15 is 0 Å². The average molecular weight is 283 g/mol. The Balaban J connectivity index is 1.87. The van der Waals surface area contributed by atoms with Crippen LogP contribution in [0.2, 0.25) is 0 Å². The Morgan fingerprint density at radius 3 is 3.00 bits per heavy atom. The fourth-order valence-corrected chi connectivity index (χ4v) is 3.81. The van der Waals surface area contributed by atoms with Crippen molar-refractivity contribution >= 4 is 0 Å². The van der Waals surface area contributed by atoms with Crippen LogP contribution in [0.15, 0.2) is 18.2 Å². The first-order chi connectivity index (χ1) is 10.2.